The van der Waals surface area contributed by atoms with E-state index in [9.17, 15) is 9.59 Å². The highest BCUT2D eigenvalue weighted by atomic mass is 35.5. The molecule has 1 saturated heterocycles. The van der Waals surface area contributed by atoms with Crippen LogP contribution in [-0.2, 0) is 9.59 Å². The van der Waals surface area contributed by atoms with Gasteiger partial charge in [0.15, 0.2) is 0 Å². The first-order chi connectivity index (χ1) is 12.6. The lowest BCUT2D eigenvalue weighted by Gasteiger charge is -2.33. The van der Waals surface area contributed by atoms with Crippen molar-refractivity contribution in [2.45, 2.75) is 6.04 Å². The summed E-state index contributed by atoms with van der Waals surface area (Å²) in [7, 11) is 0. The first-order valence-electron chi connectivity index (χ1n) is 8.34. The van der Waals surface area contributed by atoms with Crippen LogP contribution < -0.4 is 10.6 Å². The number of thioether (sulfide) groups is 1. The monoisotopic (exact) mass is 393 g/mol. The zero-order valence-corrected chi connectivity index (χ0v) is 15.7. The molecule has 2 N–H and O–H groups in total. The third-order valence-corrected chi connectivity index (χ3v) is 5.41. The van der Waals surface area contributed by atoms with Crippen LogP contribution in [0.4, 0.5) is 5.69 Å². The van der Waals surface area contributed by atoms with Crippen molar-refractivity contribution < 1.29 is 14.0 Å². The average Bonchev–Trinajstić information content (AvgIpc) is 3.19. The normalized spacial score (nSPS) is 16.0. The van der Waals surface area contributed by atoms with Crippen LogP contribution in [0.3, 0.4) is 0 Å². The van der Waals surface area contributed by atoms with Gasteiger partial charge in [0.2, 0.25) is 0 Å². The Hall–Kier alpha value is -1.96. The zero-order chi connectivity index (χ0) is 18.4. The summed E-state index contributed by atoms with van der Waals surface area (Å²) in [6, 6.07) is 10.4. The highest BCUT2D eigenvalue weighted by molar-refractivity contribution is 7.99. The molecule has 1 atom stereocenters. The van der Waals surface area contributed by atoms with Crippen LogP contribution in [-0.4, -0.2) is 47.9 Å². The molecule has 6 nitrogen and oxygen atoms in total. The Morgan fingerprint density at radius 1 is 1.15 bits per heavy atom. The van der Waals surface area contributed by atoms with E-state index in [0.717, 1.165) is 30.4 Å². The van der Waals surface area contributed by atoms with Crippen molar-refractivity contribution in [2.24, 2.45) is 0 Å². The quantitative estimate of drug-likeness (QED) is 0.764. The maximum absolute atomic E-state index is 12.2. The number of halogens is 1. The molecule has 2 heterocycles. The van der Waals surface area contributed by atoms with Gasteiger partial charge in [-0.1, -0.05) is 23.7 Å². The van der Waals surface area contributed by atoms with Gasteiger partial charge < -0.3 is 15.1 Å². The topological polar surface area (TPSA) is 74.6 Å². The van der Waals surface area contributed by atoms with Gasteiger partial charge in [0.25, 0.3) is 0 Å². The van der Waals surface area contributed by atoms with Gasteiger partial charge in [-0.05, 0) is 24.3 Å². The van der Waals surface area contributed by atoms with Crippen molar-refractivity contribution >= 4 is 40.9 Å². The summed E-state index contributed by atoms with van der Waals surface area (Å²) < 4.78 is 5.54. The summed E-state index contributed by atoms with van der Waals surface area (Å²) in [5.41, 5.74) is 0.407. The first kappa shape index (κ1) is 18.8. The molecule has 0 aliphatic carbocycles. The summed E-state index contributed by atoms with van der Waals surface area (Å²) in [5.74, 6) is 1.41. The molecule has 1 aromatic heterocycles. The molecule has 138 valence electrons. The molecule has 0 spiro atoms. The van der Waals surface area contributed by atoms with Crippen LogP contribution in [0.1, 0.15) is 11.8 Å². The van der Waals surface area contributed by atoms with Crippen LogP contribution in [0.15, 0.2) is 47.1 Å². The Balaban J connectivity index is 1.60. The molecule has 1 fully saturated rings. The van der Waals surface area contributed by atoms with Gasteiger partial charge in [0.05, 0.1) is 23.0 Å². The Bertz CT molecular complexity index is 748. The van der Waals surface area contributed by atoms with Gasteiger partial charge in [0.1, 0.15) is 5.76 Å². The molecule has 0 unspecified atom stereocenters. The second kappa shape index (κ2) is 9.12. The third kappa shape index (κ3) is 4.81. The fourth-order valence-electron chi connectivity index (χ4n) is 2.79. The molecule has 2 aromatic rings. The van der Waals surface area contributed by atoms with E-state index < -0.39 is 11.8 Å². The maximum atomic E-state index is 12.2. The highest BCUT2D eigenvalue weighted by Gasteiger charge is 2.26. The molecule has 26 heavy (non-hydrogen) atoms. The van der Waals surface area contributed by atoms with Gasteiger partial charge in [0, 0.05) is 31.1 Å². The van der Waals surface area contributed by atoms with Crippen LogP contribution >= 0.6 is 23.4 Å². The molecule has 3 rings (SSSR count). The second-order valence-electron chi connectivity index (χ2n) is 5.82. The van der Waals surface area contributed by atoms with E-state index >= 15 is 0 Å². The molecule has 1 aromatic carbocycles. The largest absolute Gasteiger partial charge is 0.468 e. The van der Waals surface area contributed by atoms with Gasteiger partial charge >= 0.3 is 11.8 Å². The summed E-state index contributed by atoms with van der Waals surface area (Å²) in [6.07, 6.45) is 1.62. The lowest BCUT2D eigenvalue weighted by molar-refractivity contribution is -0.136. The number of carbonyl (C=O) groups is 2. The number of nitrogens with zero attached hydrogens (tertiary/aromatic N) is 1. The molecule has 0 saturated carbocycles. The number of para-hydroxylation sites is 1. The van der Waals surface area contributed by atoms with Crippen molar-refractivity contribution in [1.29, 1.82) is 0 Å². The van der Waals surface area contributed by atoms with E-state index in [4.69, 9.17) is 16.0 Å². The predicted molar refractivity (Wildman–Crippen MR) is 103 cm³/mol. The average molecular weight is 394 g/mol. The fourth-order valence-corrected chi connectivity index (χ4v) is 3.91. The van der Waals surface area contributed by atoms with E-state index in [1.807, 2.05) is 23.9 Å². The predicted octanol–water partition coefficient (Wildman–Crippen LogP) is 2.78. The Morgan fingerprint density at radius 3 is 2.62 bits per heavy atom. The smallest absolute Gasteiger partial charge is 0.313 e. The highest BCUT2D eigenvalue weighted by Crippen LogP contribution is 2.24. The molecule has 0 radical (unpaired) electrons. The minimum Gasteiger partial charge on any atom is -0.468 e. The zero-order valence-electron chi connectivity index (χ0n) is 14.1. The van der Waals surface area contributed by atoms with E-state index in [1.165, 1.54) is 0 Å². The fraction of sp³-hybridized carbons (Fsp3) is 0.333. The summed E-state index contributed by atoms with van der Waals surface area (Å²) in [6.45, 7) is 2.13. The van der Waals surface area contributed by atoms with E-state index in [0.29, 0.717) is 17.3 Å². The van der Waals surface area contributed by atoms with Crippen molar-refractivity contribution in [3.8, 4) is 0 Å². The van der Waals surface area contributed by atoms with Crippen LogP contribution in [0, 0.1) is 0 Å². The minimum atomic E-state index is -0.745. The Morgan fingerprint density at radius 2 is 1.92 bits per heavy atom. The number of benzene rings is 1. The molecule has 2 amide bonds. The number of nitrogens with one attached hydrogen (secondary N) is 2. The van der Waals surface area contributed by atoms with Gasteiger partial charge in [-0.25, -0.2) is 0 Å². The Labute approximate surface area is 161 Å². The van der Waals surface area contributed by atoms with E-state index in [1.54, 1.807) is 30.5 Å². The molecule has 1 aliphatic rings. The minimum absolute atomic E-state index is 0.0945. The summed E-state index contributed by atoms with van der Waals surface area (Å²) in [4.78, 5) is 26.6. The van der Waals surface area contributed by atoms with Gasteiger partial charge in [-0.15, -0.1) is 0 Å². The lowest BCUT2D eigenvalue weighted by Crippen LogP contribution is -2.44. The van der Waals surface area contributed by atoms with Crippen LogP contribution in [0.2, 0.25) is 5.02 Å². The SMILES string of the molecule is O=C(NC[C@H](c1ccco1)N1CCSCC1)C(=O)Nc1ccccc1Cl. The van der Waals surface area contributed by atoms with Crippen LogP contribution in [0.5, 0.6) is 0 Å². The molecular weight excluding hydrogens is 374 g/mol. The standard InChI is InChI=1S/C18H20ClN3O3S/c19-13-4-1-2-5-14(13)21-18(24)17(23)20-12-15(16-6-3-9-25-16)22-7-10-26-11-8-22/h1-6,9,15H,7-8,10-12H2,(H,20,23)(H,21,24)/t15-/m1/s1. The van der Waals surface area contributed by atoms with E-state index in [-0.39, 0.29) is 6.04 Å². The summed E-state index contributed by atoms with van der Waals surface area (Å²) in [5, 5.41) is 5.61. The van der Waals surface area contributed by atoms with Crippen molar-refractivity contribution in [2.75, 3.05) is 36.5 Å². The van der Waals surface area contributed by atoms with Crippen molar-refractivity contribution in [1.82, 2.24) is 10.2 Å². The number of rotatable bonds is 5. The number of furan rings is 1. The number of hydrogen-bond acceptors (Lipinski definition) is 5. The third-order valence-electron chi connectivity index (χ3n) is 4.14. The molecule has 0 bridgehead atoms. The van der Waals surface area contributed by atoms with E-state index in [2.05, 4.69) is 15.5 Å². The van der Waals surface area contributed by atoms with Crippen LogP contribution in [0.25, 0.3) is 0 Å². The molecule has 1 aliphatic heterocycles. The Kier molecular flexibility index (Phi) is 6.60. The lowest BCUT2D eigenvalue weighted by atomic mass is 10.2. The number of carbonyl (C=O) groups excluding carboxylic acids is 2. The van der Waals surface area contributed by atoms with Crippen molar-refractivity contribution in [3.05, 3.63) is 53.4 Å². The first-order valence-corrected chi connectivity index (χ1v) is 9.87. The summed E-state index contributed by atoms with van der Waals surface area (Å²) >= 11 is 7.91. The maximum Gasteiger partial charge on any atom is 0.313 e. The number of amides is 2. The molecular formula is C18H20ClN3O3S. The van der Waals surface area contributed by atoms with Crippen molar-refractivity contribution in [3.63, 3.8) is 0 Å². The molecule has 8 heteroatoms. The number of anilines is 1. The van der Waals surface area contributed by atoms with Gasteiger partial charge in [-0.2, -0.15) is 11.8 Å². The van der Waals surface area contributed by atoms with Gasteiger partial charge in [-0.3, -0.25) is 14.5 Å². The number of hydrogen-bond donors (Lipinski definition) is 2. The second-order valence-corrected chi connectivity index (χ2v) is 7.46.